The lowest BCUT2D eigenvalue weighted by atomic mass is 10.1. The molecule has 0 amide bonds. The van der Waals surface area contributed by atoms with Crippen LogP contribution in [0.2, 0.25) is 0 Å². The van der Waals surface area contributed by atoms with Gasteiger partial charge in [0.1, 0.15) is 0 Å². The molecular formula is C16H19NO3S. The number of aryl methyl sites for hydroxylation is 1. The highest BCUT2D eigenvalue weighted by molar-refractivity contribution is 7.09. The average Bonchev–Trinajstić information content (AvgIpc) is 2.90. The summed E-state index contributed by atoms with van der Waals surface area (Å²) in [4.78, 5) is 17.4. The topological polar surface area (TPSA) is 48.4 Å². The maximum atomic E-state index is 12.0. The van der Waals surface area contributed by atoms with Gasteiger partial charge in [-0.1, -0.05) is 30.3 Å². The Bertz CT molecular complexity index is 568. The number of aromatic nitrogens is 1. The lowest BCUT2D eigenvalue weighted by molar-refractivity contribution is -0.157. The Balaban J connectivity index is 1.99. The van der Waals surface area contributed by atoms with Crippen LogP contribution in [0.1, 0.15) is 29.2 Å². The van der Waals surface area contributed by atoms with Crippen LogP contribution in [0.3, 0.4) is 0 Å². The van der Waals surface area contributed by atoms with Crippen molar-refractivity contribution in [1.29, 1.82) is 0 Å². The molecule has 0 N–H and O–H groups in total. The van der Waals surface area contributed by atoms with Gasteiger partial charge in [-0.25, -0.2) is 9.78 Å². The van der Waals surface area contributed by atoms with Crippen LogP contribution in [-0.4, -0.2) is 24.2 Å². The molecule has 1 aromatic heterocycles. The predicted molar refractivity (Wildman–Crippen MR) is 82.3 cm³/mol. The van der Waals surface area contributed by atoms with Crippen molar-refractivity contribution in [2.24, 2.45) is 0 Å². The van der Waals surface area contributed by atoms with Gasteiger partial charge >= 0.3 is 5.97 Å². The van der Waals surface area contributed by atoms with Crippen LogP contribution in [0.15, 0.2) is 35.8 Å². The molecule has 2 aromatic rings. The van der Waals surface area contributed by atoms with Crippen molar-refractivity contribution in [3.8, 4) is 0 Å². The average molecular weight is 305 g/mol. The van der Waals surface area contributed by atoms with E-state index in [0.717, 1.165) is 17.7 Å². The molecule has 0 saturated heterocycles. The Hall–Kier alpha value is -1.72. The van der Waals surface area contributed by atoms with E-state index in [-0.39, 0.29) is 5.97 Å². The van der Waals surface area contributed by atoms with E-state index in [1.54, 1.807) is 18.3 Å². The molecule has 1 heterocycles. The first-order chi connectivity index (χ1) is 10.2. The third-order valence-electron chi connectivity index (χ3n) is 3.06. The molecule has 4 nitrogen and oxygen atoms in total. The zero-order valence-electron chi connectivity index (χ0n) is 12.2. The first-order valence-electron chi connectivity index (χ1n) is 6.94. The minimum atomic E-state index is -0.667. The van der Waals surface area contributed by atoms with Gasteiger partial charge in [0.05, 0.1) is 24.4 Å². The highest BCUT2D eigenvalue weighted by Crippen LogP contribution is 2.20. The van der Waals surface area contributed by atoms with E-state index < -0.39 is 6.10 Å². The maximum Gasteiger partial charge on any atom is 0.339 e. The second-order valence-corrected chi connectivity index (χ2v) is 5.46. The fourth-order valence-corrected chi connectivity index (χ4v) is 2.74. The summed E-state index contributed by atoms with van der Waals surface area (Å²) in [6.07, 6.45) is 0.0820. The van der Waals surface area contributed by atoms with E-state index in [2.05, 4.69) is 4.98 Å². The third kappa shape index (κ3) is 4.37. The van der Waals surface area contributed by atoms with Crippen LogP contribution < -0.4 is 0 Å². The van der Waals surface area contributed by atoms with Crippen molar-refractivity contribution in [2.45, 2.75) is 26.4 Å². The molecular weight excluding hydrogens is 286 g/mol. The van der Waals surface area contributed by atoms with Gasteiger partial charge in [0.25, 0.3) is 0 Å². The summed E-state index contributed by atoms with van der Waals surface area (Å²) in [5.41, 5.74) is 3.66. The molecule has 0 fully saturated rings. The molecule has 112 valence electrons. The monoisotopic (exact) mass is 305 g/mol. The summed E-state index contributed by atoms with van der Waals surface area (Å²) >= 11 is 1.61. The number of rotatable bonds is 7. The Morgan fingerprint density at radius 2 is 2.10 bits per heavy atom. The van der Waals surface area contributed by atoms with Crippen LogP contribution in [-0.2, 0) is 20.7 Å². The molecule has 5 heteroatoms. The van der Waals surface area contributed by atoms with Crippen LogP contribution >= 0.6 is 11.3 Å². The molecule has 0 aliphatic rings. The van der Waals surface area contributed by atoms with Crippen molar-refractivity contribution in [3.63, 3.8) is 0 Å². The summed E-state index contributed by atoms with van der Waals surface area (Å²) < 4.78 is 10.9. The van der Waals surface area contributed by atoms with Gasteiger partial charge in [-0.15, -0.1) is 11.3 Å². The second kappa shape index (κ2) is 7.90. The van der Waals surface area contributed by atoms with E-state index in [1.165, 1.54) is 4.88 Å². The van der Waals surface area contributed by atoms with Gasteiger partial charge in [0, 0.05) is 11.3 Å². The van der Waals surface area contributed by atoms with Crippen molar-refractivity contribution in [1.82, 2.24) is 4.98 Å². The molecule has 0 radical (unpaired) electrons. The molecule has 1 atom stereocenters. The molecule has 0 saturated carbocycles. The molecule has 0 spiro atoms. The SMILES string of the molecule is CCOC(=O)C(OCCc1scnc1C)c1ccccc1. The quantitative estimate of drug-likeness (QED) is 0.736. The van der Waals surface area contributed by atoms with Crippen LogP contribution in [0, 0.1) is 6.92 Å². The number of benzene rings is 1. The van der Waals surface area contributed by atoms with E-state index in [4.69, 9.17) is 9.47 Å². The summed E-state index contributed by atoms with van der Waals surface area (Å²) in [6.45, 7) is 4.58. The molecule has 2 rings (SSSR count). The van der Waals surface area contributed by atoms with Crippen LogP contribution in [0.5, 0.6) is 0 Å². The first kappa shape index (κ1) is 15.7. The Labute approximate surface area is 128 Å². The largest absolute Gasteiger partial charge is 0.464 e. The normalized spacial score (nSPS) is 12.1. The zero-order chi connectivity index (χ0) is 15.1. The van der Waals surface area contributed by atoms with Gasteiger partial charge in [0.2, 0.25) is 0 Å². The fourth-order valence-electron chi connectivity index (χ4n) is 1.98. The summed E-state index contributed by atoms with van der Waals surface area (Å²) in [5, 5.41) is 0. The highest BCUT2D eigenvalue weighted by Gasteiger charge is 2.22. The van der Waals surface area contributed by atoms with Gasteiger partial charge in [0.15, 0.2) is 6.10 Å². The number of nitrogens with zero attached hydrogens (tertiary/aromatic N) is 1. The van der Waals surface area contributed by atoms with Gasteiger partial charge < -0.3 is 9.47 Å². The number of hydrogen-bond acceptors (Lipinski definition) is 5. The smallest absolute Gasteiger partial charge is 0.339 e. The lowest BCUT2D eigenvalue weighted by Gasteiger charge is -2.16. The minimum Gasteiger partial charge on any atom is -0.464 e. The number of thiazole rings is 1. The van der Waals surface area contributed by atoms with Crippen LogP contribution in [0.4, 0.5) is 0 Å². The molecule has 21 heavy (non-hydrogen) atoms. The Morgan fingerprint density at radius 3 is 2.71 bits per heavy atom. The third-order valence-corrected chi connectivity index (χ3v) is 4.06. The van der Waals surface area contributed by atoms with Crippen molar-refractivity contribution in [2.75, 3.05) is 13.2 Å². The van der Waals surface area contributed by atoms with Gasteiger partial charge in [-0.3, -0.25) is 0 Å². The van der Waals surface area contributed by atoms with Gasteiger partial charge in [-0.05, 0) is 19.4 Å². The molecule has 0 aliphatic heterocycles. The number of esters is 1. The summed E-state index contributed by atoms with van der Waals surface area (Å²) in [5.74, 6) is -0.343. The van der Waals surface area contributed by atoms with Crippen LogP contribution in [0.25, 0.3) is 0 Å². The second-order valence-electron chi connectivity index (χ2n) is 4.52. The number of ether oxygens (including phenoxy) is 2. The minimum absolute atomic E-state index is 0.343. The van der Waals surface area contributed by atoms with E-state index in [0.29, 0.717) is 13.2 Å². The van der Waals surface area contributed by atoms with Crippen molar-refractivity contribution < 1.29 is 14.3 Å². The lowest BCUT2D eigenvalue weighted by Crippen LogP contribution is -2.20. The number of hydrogen-bond donors (Lipinski definition) is 0. The number of carbonyl (C=O) groups excluding carboxylic acids is 1. The van der Waals surface area contributed by atoms with Gasteiger partial charge in [-0.2, -0.15) is 0 Å². The molecule has 1 unspecified atom stereocenters. The van der Waals surface area contributed by atoms with E-state index in [9.17, 15) is 4.79 Å². The zero-order valence-corrected chi connectivity index (χ0v) is 13.1. The predicted octanol–water partition coefficient (Wildman–Crippen LogP) is 3.32. The standard InChI is InChI=1S/C16H19NO3S/c1-3-19-16(18)15(13-7-5-4-6-8-13)20-10-9-14-12(2)17-11-21-14/h4-8,11,15H,3,9-10H2,1-2H3. The Morgan fingerprint density at radius 1 is 1.33 bits per heavy atom. The molecule has 0 bridgehead atoms. The number of carbonyl (C=O) groups is 1. The fraction of sp³-hybridized carbons (Fsp3) is 0.375. The van der Waals surface area contributed by atoms with E-state index >= 15 is 0 Å². The molecule has 1 aromatic carbocycles. The van der Waals surface area contributed by atoms with Crippen molar-refractivity contribution >= 4 is 17.3 Å². The summed E-state index contributed by atoms with van der Waals surface area (Å²) in [6, 6.07) is 9.43. The van der Waals surface area contributed by atoms with Crippen molar-refractivity contribution in [3.05, 3.63) is 52.0 Å². The Kier molecular flexibility index (Phi) is 5.90. The first-order valence-corrected chi connectivity index (χ1v) is 7.82. The maximum absolute atomic E-state index is 12.0. The summed E-state index contributed by atoms with van der Waals surface area (Å²) in [7, 11) is 0. The molecule has 0 aliphatic carbocycles. The van der Waals surface area contributed by atoms with E-state index in [1.807, 2.05) is 42.8 Å². The highest BCUT2D eigenvalue weighted by atomic mass is 32.1.